The van der Waals surface area contributed by atoms with E-state index in [4.69, 9.17) is 14.2 Å². The predicted molar refractivity (Wildman–Crippen MR) is 125 cm³/mol. The number of aromatic nitrogens is 2. The van der Waals surface area contributed by atoms with E-state index in [1.165, 1.54) is 6.20 Å². The van der Waals surface area contributed by atoms with Crippen molar-refractivity contribution in [1.82, 2.24) is 20.2 Å². The molecule has 0 radical (unpaired) electrons. The molecule has 0 saturated heterocycles. The maximum absolute atomic E-state index is 12.4. The Morgan fingerprint density at radius 2 is 1.77 bits per heavy atom. The zero-order chi connectivity index (χ0) is 22.3. The van der Waals surface area contributed by atoms with E-state index >= 15 is 0 Å². The van der Waals surface area contributed by atoms with Gasteiger partial charge in [-0.2, -0.15) is 0 Å². The minimum Gasteiger partial charge on any atom is -0.378 e. The maximum Gasteiger partial charge on any atom is 0.271 e. The largest absolute Gasteiger partial charge is 0.378 e. The molecule has 0 spiro atoms. The Morgan fingerprint density at radius 1 is 1.06 bits per heavy atom. The standard InChI is InChI=1S/C21H30FIN4O4/c1-2-27(8-10-30-12-14-31-13-11-29-9-5-22)7-6-24-21(28)20-16-25-19-15-17(23)3-4-18(19)26-20/h3-4,15-16H,2,5-14H2,1H3,(H,24,28)/i23+4. The Morgan fingerprint density at radius 3 is 2.48 bits per heavy atom. The van der Waals surface area contributed by atoms with Gasteiger partial charge in [-0.25, -0.2) is 9.37 Å². The van der Waals surface area contributed by atoms with Crippen molar-refractivity contribution in [1.29, 1.82) is 0 Å². The number of amides is 1. The van der Waals surface area contributed by atoms with E-state index in [2.05, 4.69) is 49.7 Å². The number of ether oxygens (including phenoxy) is 3. The van der Waals surface area contributed by atoms with E-state index in [1.54, 1.807) is 0 Å². The molecule has 0 atom stereocenters. The summed E-state index contributed by atoms with van der Waals surface area (Å²) >= 11 is 2.22. The summed E-state index contributed by atoms with van der Waals surface area (Å²) in [6, 6.07) is 5.74. The number of carbonyl (C=O) groups excluding carboxylic acids is 1. The van der Waals surface area contributed by atoms with Gasteiger partial charge in [0.05, 0.1) is 56.9 Å². The third-order valence-corrected chi connectivity index (χ3v) is 5.09. The molecular weight excluding hydrogens is 522 g/mol. The Hall–Kier alpha value is -1.47. The summed E-state index contributed by atoms with van der Waals surface area (Å²) in [5.41, 5.74) is 1.79. The highest BCUT2D eigenvalue weighted by molar-refractivity contribution is 14.1. The molecule has 172 valence electrons. The Bertz CT molecular complexity index is 799. The van der Waals surface area contributed by atoms with Crippen molar-refractivity contribution in [3.8, 4) is 0 Å². The molecule has 1 amide bonds. The van der Waals surface area contributed by atoms with Crippen LogP contribution in [0.25, 0.3) is 11.0 Å². The fourth-order valence-corrected chi connectivity index (χ4v) is 3.20. The number of fused-ring (bicyclic) bond motifs is 1. The number of carbonyl (C=O) groups is 1. The van der Waals surface area contributed by atoms with Crippen molar-refractivity contribution < 1.29 is 23.4 Å². The lowest BCUT2D eigenvalue weighted by atomic mass is 10.3. The fourth-order valence-electron chi connectivity index (χ4n) is 2.73. The van der Waals surface area contributed by atoms with Gasteiger partial charge in [0.25, 0.3) is 5.91 Å². The molecule has 0 aliphatic rings. The SMILES string of the molecule is CCN(CCNC(=O)c1cnc2cc([131I])ccc2n1)CCOCCOCCOCCF. The Kier molecular flexibility index (Phi) is 12.8. The smallest absolute Gasteiger partial charge is 0.271 e. The second-order valence-corrected chi connectivity index (χ2v) is 7.85. The van der Waals surface area contributed by atoms with Crippen LogP contribution in [0.4, 0.5) is 4.39 Å². The van der Waals surface area contributed by atoms with Crippen molar-refractivity contribution in [2.75, 3.05) is 72.5 Å². The summed E-state index contributed by atoms with van der Waals surface area (Å²) in [6.07, 6.45) is 1.51. The molecule has 0 saturated carbocycles. The Labute approximate surface area is 196 Å². The molecule has 1 N–H and O–H groups in total. The first-order valence-corrected chi connectivity index (χ1v) is 11.4. The normalized spacial score (nSPS) is 11.4. The van der Waals surface area contributed by atoms with Gasteiger partial charge >= 0.3 is 0 Å². The molecule has 2 aromatic rings. The lowest BCUT2D eigenvalue weighted by Crippen LogP contribution is -2.37. The molecule has 0 unspecified atom stereocenters. The van der Waals surface area contributed by atoms with Gasteiger partial charge in [0.2, 0.25) is 0 Å². The monoisotopic (exact) mass is 552 g/mol. The summed E-state index contributed by atoms with van der Waals surface area (Å²) in [4.78, 5) is 23.3. The fraction of sp³-hybridized carbons (Fsp3) is 0.571. The molecule has 1 aromatic heterocycles. The molecule has 0 fully saturated rings. The van der Waals surface area contributed by atoms with Crippen LogP contribution in [0.5, 0.6) is 0 Å². The molecule has 0 bridgehead atoms. The number of likely N-dealkylation sites (N-methyl/N-ethyl adjacent to an activating group) is 1. The quantitative estimate of drug-likeness (QED) is 0.253. The van der Waals surface area contributed by atoms with Crippen LogP contribution in [-0.4, -0.2) is 93.3 Å². The van der Waals surface area contributed by atoms with E-state index in [-0.39, 0.29) is 12.5 Å². The van der Waals surface area contributed by atoms with Crippen molar-refractivity contribution in [3.05, 3.63) is 33.7 Å². The molecule has 2 rings (SSSR count). The second-order valence-electron chi connectivity index (χ2n) is 6.60. The summed E-state index contributed by atoms with van der Waals surface area (Å²) < 4.78 is 28.8. The van der Waals surface area contributed by atoms with Crippen LogP contribution in [0.2, 0.25) is 0 Å². The third-order valence-electron chi connectivity index (χ3n) is 4.42. The molecule has 1 heterocycles. The van der Waals surface area contributed by atoms with E-state index in [0.29, 0.717) is 57.3 Å². The van der Waals surface area contributed by atoms with Crippen LogP contribution >= 0.6 is 22.6 Å². The van der Waals surface area contributed by atoms with E-state index < -0.39 is 6.67 Å². The molecule has 10 heteroatoms. The summed E-state index contributed by atoms with van der Waals surface area (Å²) in [7, 11) is 0. The van der Waals surface area contributed by atoms with Gasteiger partial charge in [0, 0.05) is 23.2 Å². The predicted octanol–water partition coefficient (Wildman–Crippen LogP) is 2.31. The van der Waals surface area contributed by atoms with Gasteiger partial charge in [-0.3, -0.25) is 14.7 Å². The average Bonchev–Trinajstić information content (AvgIpc) is 2.78. The van der Waals surface area contributed by atoms with Crippen molar-refractivity contribution in [2.45, 2.75) is 6.92 Å². The summed E-state index contributed by atoms with van der Waals surface area (Å²) in [5.74, 6) is -0.229. The lowest BCUT2D eigenvalue weighted by Gasteiger charge is -2.20. The first kappa shape index (κ1) is 25.8. The van der Waals surface area contributed by atoms with Crippen molar-refractivity contribution in [3.63, 3.8) is 0 Å². The van der Waals surface area contributed by atoms with Gasteiger partial charge in [0.15, 0.2) is 0 Å². The molecule has 31 heavy (non-hydrogen) atoms. The van der Waals surface area contributed by atoms with Crippen LogP contribution in [0.1, 0.15) is 17.4 Å². The van der Waals surface area contributed by atoms with Crippen LogP contribution < -0.4 is 5.32 Å². The van der Waals surface area contributed by atoms with Crippen LogP contribution in [0, 0.1) is 3.57 Å². The number of nitrogens with zero attached hydrogens (tertiary/aromatic N) is 3. The lowest BCUT2D eigenvalue weighted by molar-refractivity contribution is 0.00889. The maximum atomic E-state index is 12.4. The first-order valence-electron chi connectivity index (χ1n) is 10.4. The topological polar surface area (TPSA) is 85.8 Å². The summed E-state index contributed by atoms with van der Waals surface area (Å²) in [5, 5.41) is 2.90. The number of nitrogens with one attached hydrogen (secondary N) is 1. The molecule has 0 aliphatic heterocycles. The number of benzene rings is 1. The first-order chi connectivity index (χ1) is 15.1. The van der Waals surface area contributed by atoms with Gasteiger partial charge in [-0.05, 0) is 47.3 Å². The Balaban J connectivity index is 1.58. The number of halogens is 2. The van der Waals surface area contributed by atoms with Crippen molar-refractivity contribution in [2.24, 2.45) is 0 Å². The molecule has 0 aliphatic carbocycles. The molecule has 1 aromatic carbocycles. The van der Waals surface area contributed by atoms with Gasteiger partial charge in [-0.15, -0.1) is 0 Å². The highest BCUT2D eigenvalue weighted by atomic mass is 131. The van der Waals surface area contributed by atoms with E-state index in [1.807, 2.05) is 18.2 Å². The van der Waals surface area contributed by atoms with E-state index in [9.17, 15) is 9.18 Å². The molecule has 8 nitrogen and oxygen atoms in total. The minimum absolute atomic E-state index is 0.113. The van der Waals surface area contributed by atoms with Gasteiger partial charge in [-0.1, -0.05) is 6.92 Å². The van der Waals surface area contributed by atoms with Gasteiger partial charge in [0.1, 0.15) is 12.4 Å². The average molecular weight is 552 g/mol. The zero-order valence-corrected chi connectivity index (χ0v) is 20.0. The van der Waals surface area contributed by atoms with Gasteiger partial charge < -0.3 is 19.5 Å². The minimum atomic E-state index is -0.474. The van der Waals surface area contributed by atoms with Crippen LogP contribution in [-0.2, 0) is 14.2 Å². The zero-order valence-electron chi connectivity index (χ0n) is 17.8. The molecular formula is C21H30FIN4O4. The number of rotatable bonds is 16. The summed E-state index contributed by atoms with van der Waals surface area (Å²) in [6.45, 7) is 6.94. The highest BCUT2D eigenvalue weighted by Gasteiger charge is 2.10. The second kappa shape index (κ2) is 15.4. The van der Waals surface area contributed by atoms with Crippen LogP contribution in [0.3, 0.4) is 0 Å². The van der Waals surface area contributed by atoms with Crippen LogP contribution in [0.15, 0.2) is 24.4 Å². The van der Waals surface area contributed by atoms with E-state index in [0.717, 1.165) is 22.2 Å². The number of hydrogen-bond donors (Lipinski definition) is 1. The highest BCUT2D eigenvalue weighted by Crippen LogP contribution is 2.13. The number of hydrogen-bond acceptors (Lipinski definition) is 7. The number of alkyl halides is 1. The third kappa shape index (κ3) is 10.1. The van der Waals surface area contributed by atoms with Crippen molar-refractivity contribution >= 4 is 39.5 Å².